The van der Waals surface area contributed by atoms with E-state index in [0.29, 0.717) is 37.1 Å². The number of carbonyl (C=O) groups excluding carboxylic acids is 1. The fraction of sp³-hybridized carbons (Fsp3) is 0.333. The van der Waals surface area contributed by atoms with E-state index in [2.05, 4.69) is 20.7 Å². The fourth-order valence-corrected chi connectivity index (χ4v) is 2.79. The molecule has 0 atom stereocenters. The van der Waals surface area contributed by atoms with Crippen molar-refractivity contribution < 1.29 is 14.3 Å². The van der Waals surface area contributed by atoms with Crippen LogP contribution in [0.25, 0.3) is 11.4 Å². The first-order valence-electron chi connectivity index (χ1n) is 9.68. The molecule has 1 heterocycles. The van der Waals surface area contributed by atoms with Gasteiger partial charge in [-0.05, 0) is 49.2 Å². The zero-order valence-electron chi connectivity index (χ0n) is 16.7. The molecule has 2 aromatic carbocycles. The molecule has 8 heteroatoms. The Hall–Kier alpha value is -3.42. The van der Waals surface area contributed by atoms with Gasteiger partial charge in [0.05, 0.1) is 13.2 Å². The van der Waals surface area contributed by atoms with Crippen LogP contribution in [-0.2, 0) is 17.8 Å². The van der Waals surface area contributed by atoms with Crippen LogP contribution in [0.5, 0.6) is 11.5 Å². The third kappa shape index (κ3) is 5.78. The number of ether oxygens (including phenoxy) is 2. The summed E-state index contributed by atoms with van der Waals surface area (Å²) < 4.78 is 11.2. The summed E-state index contributed by atoms with van der Waals surface area (Å²) in [6.07, 6.45) is 0.773. The van der Waals surface area contributed by atoms with Crippen LogP contribution in [0.3, 0.4) is 0 Å². The van der Waals surface area contributed by atoms with Crippen molar-refractivity contribution in [2.45, 2.75) is 26.8 Å². The lowest BCUT2D eigenvalue weighted by molar-refractivity contribution is -0.122. The van der Waals surface area contributed by atoms with Crippen LogP contribution in [0, 0.1) is 0 Å². The highest BCUT2D eigenvalue weighted by atomic mass is 16.5. The molecule has 3 aromatic rings. The maximum atomic E-state index is 12.1. The zero-order valence-corrected chi connectivity index (χ0v) is 16.7. The summed E-state index contributed by atoms with van der Waals surface area (Å²) in [4.78, 5) is 13.4. The number of rotatable bonds is 10. The molecule has 29 heavy (non-hydrogen) atoms. The predicted molar refractivity (Wildman–Crippen MR) is 109 cm³/mol. The van der Waals surface area contributed by atoms with Crippen molar-refractivity contribution in [2.24, 2.45) is 0 Å². The first kappa shape index (κ1) is 20.3. The maximum Gasteiger partial charge on any atom is 0.243 e. The molecular weight excluding hydrogens is 370 g/mol. The number of nitrogens with one attached hydrogen (secondary N) is 1. The van der Waals surface area contributed by atoms with Crippen LogP contribution in [0.15, 0.2) is 48.5 Å². The summed E-state index contributed by atoms with van der Waals surface area (Å²) in [6.45, 7) is 5.47. The number of carbonyl (C=O) groups is 1. The van der Waals surface area contributed by atoms with Crippen LogP contribution >= 0.6 is 0 Å². The summed E-state index contributed by atoms with van der Waals surface area (Å²) in [5, 5.41) is 15.2. The van der Waals surface area contributed by atoms with Gasteiger partial charge in [0.2, 0.25) is 11.7 Å². The van der Waals surface area contributed by atoms with E-state index in [4.69, 9.17) is 9.47 Å². The average molecular weight is 395 g/mol. The number of hydrogen-bond acceptors (Lipinski definition) is 6. The molecule has 0 bridgehead atoms. The minimum absolute atomic E-state index is 0.0110. The monoisotopic (exact) mass is 395 g/mol. The second-order valence-electron chi connectivity index (χ2n) is 6.26. The van der Waals surface area contributed by atoms with Gasteiger partial charge in [-0.2, -0.15) is 4.80 Å². The van der Waals surface area contributed by atoms with E-state index in [9.17, 15) is 4.79 Å². The minimum atomic E-state index is -0.161. The topological polar surface area (TPSA) is 91.2 Å². The molecule has 1 N–H and O–H groups in total. The molecule has 0 aliphatic heterocycles. The lowest BCUT2D eigenvalue weighted by Crippen LogP contribution is -2.30. The SMILES string of the molecule is CCOc1ccc(-c2nnn(CC(=O)NCCc3ccccc3)n2)cc1OCC. The quantitative estimate of drug-likeness (QED) is 0.567. The summed E-state index contributed by atoms with van der Waals surface area (Å²) in [6, 6.07) is 15.5. The highest BCUT2D eigenvalue weighted by Gasteiger charge is 2.13. The minimum Gasteiger partial charge on any atom is -0.490 e. The third-order valence-electron chi connectivity index (χ3n) is 4.12. The molecule has 8 nitrogen and oxygen atoms in total. The number of hydrogen-bond donors (Lipinski definition) is 1. The molecule has 1 amide bonds. The lowest BCUT2D eigenvalue weighted by atomic mass is 10.1. The van der Waals surface area contributed by atoms with E-state index in [0.717, 1.165) is 12.0 Å². The summed E-state index contributed by atoms with van der Waals surface area (Å²) in [5.74, 6) is 1.56. The van der Waals surface area contributed by atoms with E-state index in [-0.39, 0.29) is 12.5 Å². The Morgan fingerprint density at radius 1 is 1.03 bits per heavy atom. The molecule has 0 aliphatic rings. The van der Waals surface area contributed by atoms with Gasteiger partial charge in [0.1, 0.15) is 6.54 Å². The van der Waals surface area contributed by atoms with Crippen molar-refractivity contribution in [2.75, 3.05) is 19.8 Å². The summed E-state index contributed by atoms with van der Waals surface area (Å²) in [7, 11) is 0. The Bertz CT molecular complexity index is 927. The van der Waals surface area contributed by atoms with Crippen LogP contribution in [-0.4, -0.2) is 45.9 Å². The van der Waals surface area contributed by atoms with E-state index in [1.807, 2.05) is 62.4 Å². The molecule has 0 saturated heterocycles. The zero-order chi connectivity index (χ0) is 20.5. The number of benzene rings is 2. The Morgan fingerprint density at radius 2 is 1.79 bits per heavy atom. The summed E-state index contributed by atoms with van der Waals surface area (Å²) >= 11 is 0. The Balaban J connectivity index is 1.58. The molecular formula is C21H25N5O3. The third-order valence-corrected chi connectivity index (χ3v) is 4.12. The van der Waals surface area contributed by atoms with Gasteiger partial charge in [0.15, 0.2) is 11.5 Å². The van der Waals surface area contributed by atoms with Crippen molar-refractivity contribution in [1.82, 2.24) is 25.5 Å². The number of tetrazole rings is 1. The summed E-state index contributed by atoms with van der Waals surface area (Å²) in [5.41, 5.74) is 1.92. The fourth-order valence-electron chi connectivity index (χ4n) is 2.79. The van der Waals surface area contributed by atoms with Crippen molar-refractivity contribution in [3.05, 3.63) is 54.1 Å². The van der Waals surface area contributed by atoms with Crippen molar-refractivity contribution in [3.8, 4) is 22.9 Å². The molecule has 0 unspecified atom stereocenters. The van der Waals surface area contributed by atoms with Gasteiger partial charge in [-0.3, -0.25) is 4.79 Å². The average Bonchev–Trinajstić information content (AvgIpc) is 3.19. The van der Waals surface area contributed by atoms with Gasteiger partial charge in [-0.1, -0.05) is 30.3 Å². The molecule has 0 saturated carbocycles. The highest BCUT2D eigenvalue weighted by Crippen LogP contribution is 2.31. The normalized spacial score (nSPS) is 10.6. The van der Waals surface area contributed by atoms with E-state index < -0.39 is 0 Å². The highest BCUT2D eigenvalue weighted by molar-refractivity contribution is 5.75. The van der Waals surface area contributed by atoms with E-state index in [1.165, 1.54) is 10.4 Å². The van der Waals surface area contributed by atoms with Crippen LogP contribution < -0.4 is 14.8 Å². The Labute approximate surface area is 169 Å². The first-order valence-corrected chi connectivity index (χ1v) is 9.68. The smallest absolute Gasteiger partial charge is 0.243 e. The molecule has 3 rings (SSSR count). The van der Waals surface area contributed by atoms with Gasteiger partial charge in [-0.25, -0.2) is 0 Å². The lowest BCUT2D eigenvalue weighted by Gasteiger charge is -2.11. The largest absolute Gasteiger partial charge is 0.490 e. The van der Waals surface area contributed by atoms with Crippen LogP contribution in [0.1, 0.15) is 19.4 Å². The van der Waals surface area contributed by atoms with Crippen molar-refractivity contribution >= 4 is 5.91 Å². The van der Waals surface area contributed by atoms with Gasteiger partial charge in [0.25, 0.3) is 0 Å². The second-order valence-corrected chi connectivity index (χ2v) is 6.26. The molecule has 0 aliphatic carbocycles. The van der Waals surface area contributed by atoms with E-state index >= 15 is 0 Å². The van der Waals surface area contributed by atoms with Crippen molar-refractivity contribution in [3.63, 3.8) is 0 Å². The molecule has 152 valence electrons. The van der Waals surface area contributed by atoms with Gasteiger partial charge in [0, 0.05) is 12.1 Å². The maximum absolute atomic E-state index is 12.1. The van der Waals surface area contributed by atoms with Gasteiger partial charge >= 0.3 is 0 Å². The first-order chi connectivity index (χ1) is 14.2. The molecule has 0 fully saturated rings. The standard InChI is InChI=1S/C21H25N5O3/c1-3-28-18-11-10-17(14-19(18)29-4-2)21-23-25-26(24-21)15-20(27)22-13-12-16-8-6-5-7-9-16/h5-11,14H,3-4,12-13,15H2,1-2H3,(H,22,27). The van der Waals surface area contributed by atoms with Crippen LogP contribution in [0.4, 0.5) is 0 Å². The number of nitrogens with zero attached hydrogens (tertiary/aromatic N) is 4. The van der Waals surface area contributed by atoms with Crippen molar-refractivity contribution in [1.29, 1.82) is 0 Å². The number of amides is 1. The van der Waals surface area contributed by atoms with Gasteiger partial charge in [-0.15, -0.1) is 10.2 Å². The molecule has 0 radical (unpaired) electrons. The van der Waals surface area contributed by atoms with E-state index in [1.54, 1.807) is 0 Å². The molecule has 1 aromatic heterocycles. The van der Waals surface area contributed by atoms with Crippen LogP contribution in [0.2, 0.25) is 0 Å². The van der Waals surface area contributed by atoms with Gasteiger partial charge < -0.3 is 14.8 Å². The predicted octanol–water partition coefficient (Wildman–Crippen LogP) is 2.50. The Kier molecular flexibility index (Phi) is 7.16. The molecule has 0 spiro atoms. The number of aromatic nitrogens is 4. The Morgan fingerprint density at radius 3 is 2.55 bits per heavy atom. The second kappa shape index (κ2) is 10.2.